The fourth-order valence-corrected chi connectivity index (χ4v) is 3.29. The van der Waals surface area contributed by atoms with Crippen LogP contribution < -0.4 is 0 Å². The third kappa shape index (κ3) is 3.08. The summed E-state index contributed by atoms with van der Waals surface area (Å²) in [5.41, 5.74) is 0.907. The molecule has 0 saturated carbocycles. The van der Waals surface area contributed by atoms with Crippen molar-refractivity contribution in [1.82, 2.24) is 10.1 Å². The molecule has 3 heterocycles. The van der Waals surface area contributed by atoms with Crippen molar-refractivity contribution < 1.29 is 14.4 Å². The van der Waals surface area contributed by atoms with Crippen LogP contribution in [0.15, 0.2) is 28.1 Å². The third-order valence-corrected chi connectivity index (χ3v) is 4.43. The molecule has 106 valence electrons. The largest absolute Gasteiger partial charge is 0.481 e. The molecule has 20 heavy (non-hydrogen) atoms. The van der Waals surface area contributed by atoms with Gasteiger partial charge in [-0.2, -0.15) is 0 Å². The Balaban J connectivity index is 1.58. The Kier molecular flexibility index (Phi) is 3.84. The number of nitrogens with zero attached hydrogens (tertiary/aromatic N) is 2. The standard InChI is InChI=1S/C14H16N2O3S/c17-14(18)6-10-3-4-16(8-10)9-11-7-12(19-15-11)13-2-1-5-20-13/h1-2,5,7,10H,3-4,6,8-9H2,(H,17,18). The zero-order valence-electron chi connectivity index (χ0n) is 11.0. The van der Waals surface area contributed by atoms with Crippen LogP contribution in [0.25, 0.3) is 10.6 Å². The fraction of sp³-hybridized carbons (Fsp3) is 0.429. The molecule has 0 radical (unpaired) electrons. The van der Waals surface area contributed by atoms with Gasteiger partial charge in [0, 0.05) is 25.6 Å². The summed E-state index contributed by atoms with van der Waals surface area (Å²) in [4.78, 5) is 14.0. The number of aliphatic carboxylic acids is 1. The van der Waals surface area contributed by atoms with Crippen molar-refractivity contribution in [1.29, 1.82) is 0 Å². The van der Waals surface area contributed by atoms with E-state index in [0.29, 0.717) is 0 Å². The van der Waals surface area contributed by atoms with Crippen molar-refractivity contribution in [3.8, 4) is 10.6 Å². The Morgan fingerprint density at radius 2 is 2.50 bits per heavy atom. The van der Waals surface area contributed by atoms with Crippen molar-refractivity contribution in [3.63, 3.8) is 0 Å². The predicted molar refractivity (Wildman–Crippen MR) is 75.5 cm³/mol. The molecule has 0 spiro atoms. The highest BCUT2D eigenvalue weighted by Crippen LogP contribution is 2.26. The number of hydrogen-bond donors (Lipinski definition) is 1. The van der Waals surface area contributed by atoms with E-state index >= 15 is 0 Å². The minimum Gasteiger partial charge on any atom is -0.481 e. The summed E-state index contributed by atoms with van der Waals surface area (Å²) in [6.07, 6.45) is 1.21. The van der Waals surface area contributed by atoms with Crippen LogP contribution in [0.4, 0.5) is 0 Å². The highest BCUT2D eigenvalue weighted by Gasteiger charge is 2.25. The summed E-state index contributed by atoms with van der Waals surface area (Å²) in [6.45, 7) is 2.48. The van der Waals surface area contributed by atoms with Crippen LogP contribution in [-0.2, 0) is 11.3 Å². The van der Waals surface area contributed by atoms with E-state index in [1.807, 2.05) is 23.6 Å². The van der Waals surface area contributed by atoms with E-state index in [0.717, 1.165) is 42.4 Å². The highest BCUT2D eigenvalue weighted by atomic mass is 32.1. The lowest BCUT2D eigenvalue weighted by Gasteiger charge is -2.13. The maximum atomic E-state index is 10.7. The molecule has 0 aromatic carbocycles. The number of aromatic nitrogens is 1. The lowest BCUT2D eigenvalue weighted by molar-refractivity contribution is -0.138. The molecule has 0 amide bonds. The lowest BCUT2D eigenvalue weighted by atomic mass is 10.1. The summed E-state index contributed by atoms with van der Waals surface area (Å²) >= 11 is 1.63. The molecular weight excluding hydrogens is 276 g/mol. The Morgan fingerprint density at radius 1 is 1.60 bits per heavy atom. The van der Waals surface area contributed by atoms with Gasteiger partial charge in [-0.15, -0.1) is 11.3 Å². The number of thiophene rings is 1. The van der Waals surface area contributed by atoms with Gasteiger partial charge in [0.2, 0.25) is 0 Å². The van der Waals surface area contributed by atoms with Gasteiger partial charge in [-0.1, -0.05) is 11.2 Å². The number of carbonyl (C=O) groups is 1. The van der Waals surface area contributed by atoms with Gasteiger partial charge in [-0.3, -0.25) is 9.69 Å². The Bertz CT molecular complexity index is 579. The van der Waals surface area contributed by atoms with Crippen LogP contribution in [0.5, 0.6) is 0 Å². The van der Waals surface area contributed by atoms with E-state index in [2.05, 4.69) is 10.1 Å². The van der Waals surface area contributed by atoms with E-state index < -0.39 is 5.97 Å². The summed E-state index contributed by atoms with van der Waals surface area (Å²) in [5, 5.41) is 14.9. The molecule has 0 aliphatic carbocycles. The minimum absolute atomic E-state index is 0.260. The van der Waals surface area contributed by atoms with E-state index in [4.69, 9.17) is 9.63 Å². The summed E-state index contributed by atoms with van der Waals surface area (Å²) in [7, 11) is 0. The molecule has 1 saturated heterocycles. The Hall–Kier alpha value is -1.66. The second kappa shape index (κ2) is 5.76. The average Bonchev–Trinajstić information content (AvgIpc) is 3.09. The maximum absolute atomic E-state index is 10.7. The zero-order valence-corrected chi connectivity index (χ0v) is 11.8. The molecular formula is C14H16N2O3S. The van der Waals surface area contributed by atoms with Crippen molar-refractivity contribution >= 4 is 17.3 Å². The van der Waals surface area contributed by atoms with Crippen molar-refractivity contribution in [3.05, 3.63) is 29.3 Å². The minimum atomic E-state index is -0.710. The van der Waals surface area contributed by atoms with E-state index in [1.165, 1.54) is 0 Å². The molecule has 2 aromatic heterocycles. The molecule has 5 nitrogen and oxygen atoms in total. The van der Waals surface area contributed by atoms with E-state index in [-0.39, 0.29) is 12.3 Å². The smallest absolute Gasteiger partial charge is 0.303 e. The second-order valence-corrected chi connectivity index (χ2v) is 6.10. The van der Waals surface area contributed by atoms with Crippen LogP contribution in [0, 0.1) is 5.92 Å². The van der Waals surface area contributed by atoms with Gasteiger partial charge in [0.05, 0.1) is 10.6 Å². The first kappa shape index (κ1) is 13.3. The first-order valence-corrected chi connectivity index (χ1v) is 7.52. The normalized spacial score (nSPS) is 19.5. The quantitative estimate of drug-likeness (QED) is 0.917. The second-order valence-electron chi connectivity index (χ2n) is 5.15. The van der Waals surface area contributed by atoms with Crippen molar-refractivity contribution in [2.45, 2.75) is 19.4 Å². The summed E-state index contributed by atoms with van der Waals surface area (Å²) < 4.78 is 5.35. The van der Waals surface area contributed by atoms with Crippen LogP contribution >= 0.6 is 11.3 Å². The fourth-order valence-electron chi connectivity index (χ4n) is 2.62. The van der Waals surface area contributed by atoms with E-state index in [1.54, 1.807) is 11.3 Å². The lowest BCUT2D eigenvalue weighted by Crippen LogP contribution is -2.21. The van der Waals surface area contributed by atoms with Gasteiger partial charge in [-0.05, 0) is 30.3 Å². The van der Waals surface area contributed by atoms with Gasteiger partial charge in [0.1, 0.15) is 0 Å². The molecule has 6 heteroatoms. The van der Waals surface area contributed by atoms with Crippen LogP contribution in [-0.4, -0.2) is 34.2 Å². The number of likely N-dealkylation sites (tertiary alicyclic amines) is 1. The molecule has 1 atom stereocenters. The first-order chi connectivity index (χ1) is 9.70. The first-order valence-electron chi connectivity index (χ1n) is 6.64. The molecule has 3 rings (SSSR count). The molecule has 2 aromatic rings. The van der Waals surface area contributed by atoms with Crippen LogP contribution in [0.3, 0.4) is 0 Å². The topological polar surface area (TPSA) is 66.6 Å². The number of rotatable bonds is 5. The van der Waals surface area contributed by atoms with Gasteiger partial charge in [0.25, 0.3) is 0 Å². The summed E-state index contributed by atoms with van der Waals surface area (Å²) in [6, 6.07) is 5.96. The third-order valence-electron chi connectivity index (χ3n) is 3.54. The summed E-state index contributed by atoms with van der Waals surface area (Å²) in [5.74, 6) is 0.353. The molecule has 1 N–H and O–H groups in total. The number of hydrogen-bond acceptors (Lipinski definition) is 5. The van der Waals surface area contributed by atoms with Gasteiger partial charge >= 0.3 is 5.97 Å². The molecule has 0 bridgehead atoms. The zero-order chi connectivity index (χ0) is 13.9. The van der Waals surface area contributed by atoms with Gasteiger partial charge < -0.3 is 9.63 Å². The maximum Gasteiger partial charge on any atom is 0.303 e. The van der Waals surface area contributed by atoms with Crippen LogP contribution in [0.1, 0.15) is 18.5 Å². The SMILES string of the molecule is O=C(O)CC1CCN(Cc2cc(-c3cccs3)on2)C1. The Morgan fingerprint density at radius 3 is 3.25 bits per heavy atom. The van der Waals surface area contributed by atoms with Gasteiger partial charge in [-0.25, -0.2) is 0 Å². The molecule has 1 aliphatic rings. The molecule has 1 fully saturated rings. The number of carboxylic acids is 1. The van der Waals surface area contributed by atoms with Crippen molar-refractivity contribution in [2.24, 2.45) is 5.92 Å². The monoisotopic (exact) mass is 292 g/mol. The van der Waals surface area contributed by atoms with Crippen molar-refractivity contribution in [2.75, 3.05) is 13.1 Å². The molecule has 1 unspecified atom stereocenters. The Labute approximate surface area is 120 Å². The molecule has 1 aliphatic heterocycles. The highest BCUT2D eigenvalue weighted by molar-refractivity contribution is 7.13. The average molecular weight is 292 g/mol. The van der Waals surface area contributed by atoms with Crippen LogP contribution in [0.2, 0.25) is 0 Å². The van der Waals surface area contributed by atoms with E-state index in [9.17, 15) is 4.79 Å². The number of carboxylic acid groups (broad SMARTS) is 1. The van der Waals surface area contributed by atoms with Gasteiger partial charge in [0.15, 0.2) is 5.76 Å². The predicted octanol–water partition coefficient (Wildman–Crippen LogP) is 2.70.